The third-order valence-electron chi connectivity index (χ3n) is 10.6. The minimum atomic E-state index is -0.337. The summed E-state index contributed by atoms with van der Waals surface area (Å²) in [5, 5.41) is 13.8. The summed E-state index contributed by atoms with van der Waals surface area (Å²) in [5.41, 5.74) is 4.83. The maximum Gasteiger partial charge on any atom is 0.164 e. The van der Waals surface area contributed by atoms with Gasteiger partial charge in [-0.3, -0.25) is 14.8 Å². The van der Waals surface area contributed by atoms with Crippen LogP contribution in [0, 0.1) is 22.8 Å². The zero-order valence-electron chi connectivity index (χ0n) is 32.5. The van der Waals surface area contributed by atoms with Gasteiger partial charge in [-0.05, 0) is 72.6 Å². The van der Waals surface area contributed by atoms with Gasteiger partial charge in [0.25, 0.3) is 0 Å². The van der Waals surface area contributed by atoms with Crippen LogP contribution >= 0.6 is 11.3 Å². The SMILES string of the molecule is CC(C)Cc1cc2ccnc(-c3ccnc(-c4[c-]c5ccccc5c(C(C)(C)C)c4)c3)c2s1.CCC(C)(CC)C(=O)/C=C(\O)C(C)(CC)CC.[Ir]. The number of rotatable bonds is 11. The normalized spacial score (nSPS) is 12.5. The largest absolute Gasteiger partial charge is 0.512 e. The van der Waals surface area contributed by atoms with E-state index in [-0.39, 0.29) is 47.9 Å². The molecule has 3 heterocycles. The Morgan fingerprint density at radius 1 is 0.863 bits per heavy atom. The van der Waals surface area contributed by atoms with Crippen LogP contribution in [0.2, 0.25) is 0 Å². The number of aliphatic hydroxyl groups excluding tert-OH is 1. The minimum Gasteiger partial charge on any atom is -0.512 e. The number of fused-ring (bicyclic) bond motifs is 2. The van der Waals surface area contributed by atoms with Gasteiger partial charge in [0.05, 0.1) is 10.4 Å². The molecule has 6 heteroatoms. The van der Waals surface area contributed by atoms with Crippen molar-refractivity contribution in [3.05, 3.63) is 95.3 Å². The molecule has 0 saturated carbocycles. The van der Waals surface area contributed by atoms with E-state index in [1.54, 1.807) is 0 Å². The Morgan fingerprint density at radius 3 is 2.10 bits per heavy atom. The number of thiophene rings is 1. The molecule has 5 aromatic rings. The number of nitrogens with zero attached hydrogens (tertiary/aromatic N) is 2. The van der Waals surface area contributed by atoms with Crippen molar-refractivity contribution < 1.29 is 30.0 Å². The molecule has 0 unspecified atom stereocenters. The van der Waals surface area contributed by atoms with Crippen LogP contribution < -0.4 is 0 Å². The van der Waals surface area contributed by atoms with E-state index >= 15 is 0 Å². The third-order valence-corrected chi connectivity index (χ3v) is 11.8. The first-order valence-electron chi connectivity index (χ1n) is 18.3. The fraction of sp³-hybridized carbons (Fsp3) is 0.444. The molecule has 0 atom stereocenters. The Kier molecular flexibility index (Phi) is 14.5. The molecule has 5 rings (SSSR count). The summed E-state index contributed by atoms with van der Waals surface area (Å²) in [7, 11) is 0. The molecule has 0 fully saturated rings. The predicted octanol–water partition coefficient (Wildman–Crippen LogP) is 13.1. The van der Waals surface area contributed by atoms with Gasteiger partial charge >= 0.3 is 0 Å². The van der Waals surface area contributed by atoms with Crippen LogP contribution in [-0.2, 0) is 36.7 Å². The maximum absolute atomic E-state index is 12.2. The molecule has 4 nitrogen and oxygen atoms in total. The van der Waals surface area contributed by atoms with Crippen LogP contribution in [0.4, 0.5) is 0 Å². The molecule has 1 radical (unpaired) electrons. The van der Waals surface area contributed by atoms with E-state index in [0.717, 1.165) is 60.0 Å². The van der Waals surface area contributed by atoms with Crippen LogP contribution in [0.5, 0.6) is 0 Å². The van der Waals surface area contributed by atoms with E-state index in [9.17, 15) is 9.90 Å². The van der Waals surface area contributed by atoms with Gasteiger partial charge in [0.1, 0.15) is 5.76 Å². The van der Waals surface area contributed by atoms with Gasteiger partial charge in [0.15, 0.2) is 5.78 Å². The van der Waals surface area contributed by atoms with Crippen LogP contribution in [0.1, 0.15) is 112 Å². The number of allylic oxidation sites excluding steroid dienone is 2. The first-order valence-corrected chi connectivity index (χ1v) is 19.2. The van der Waals surface area contributed by atoms with Crippen molar-refractivity contribution in [2.45, 2.75) is 114 Å². The van der Waals surface area contributed by atoms with Crippen molar-refractivity contribution >= 4 is 38.0 Å². The van der Waals surface area contributed by atoms with Crippen molar-refractivity contribution in [2.24, 2.45) is 16.7 Å². The smallest absolute Gasteiger partial charge is 0.164 e. The summed E-state index contributed by atoms with van der Waals surface area (Å²) in [4.78, 5) is 23.1. The van der Waals surface area contributed by atoms with E-state index in [0.29, 0.717) is 5.92 Å². The van der Waals surface area contributed by atoms with Crippen LogP contribution in [-0.4, -0.2) is 20.9 Å². The Bertz CT molecular complexity index is 1960. The van der Waals surface area contributed by atoms with Gasteiger partial charge < -0.3 is 5.11 Å². The molecule has 0 saturated heterocycles. The first kappa shape index (κ1) is 42.2. The van der Waals surface area contributed by atoms with E-state index in [2.05, 4.69) is 95.3 Å². The summed E-state index contributed by atoms with van der Waals surface area (Å²) in [5.74, 6) is 0.927. The average Bonchev–Trinajstić information content (AvgIpc) is 3.52. The number of pyridine rings is 2. The Balaban J connectivity index is 0.000000335. The van der Waals surface area contributed by atoms with Crippen LogP contribution in [0.25, 0.3) is 43.4 Å². The molecule has 0 spiro atoms. The number of aliphatic hydroxyl groups is 1. The van der Waals surface area contributed by atoms with Crippen molar-refractivity contribution in [1.29, 1.82) is 0 Å². The number of carbonyl (C=O) groups is 1. The van der Waals surface area contributed by atoms with E-state index in [1.807, 2.05) is 65.3 Å². The summed E-state index contributed by atoms with van der Waals surface area (Å²) in [6.07, 6.45) is 9.67. The fourth-order valence-corrected chi connectivity index (χ4v) is 7.50. The fourth-order valence-electron chi connectivity index (χ4n) is 6.12. The predicted molar refractivity (Wildman–Crippen MR) is 215 cm³/mol. The number of carbonyl (C=O) groups excluding carboxylic acids is 1. The van der Waals surface area contributed by atoms with Crippen LogP contribution in [0.3, 0.4) is 0 Å². The molecule has 0 amide bonds. The molecule has 3 aromatic heterocycles. The van der Waals surface area contributed by atoms with Crippen molar-refractivity contribution in [3.63, 3.8) is 0 Å². The maximum atomic E-state index is 12.2. The molecule has 51 heavy (non-hydrogen) atoms. The number of hydrogen-bond donors (Lipinski definition) is 1. The second kappa shape index (κ2) is 17.6. The van der Waals surface area contributed by atoms with Gasteiger partial charge in [0, 0.05) is 60.0 Å². The molecule has 275 valence electrons. The quantitative estimate of drug-likeness (QED) is 0.0815. The monoisotopic (exact) mass is 882 g/mol. The van der Waals surface area contributed by atoms with Crippen molar-refractivity contribution in [1.82, 2.24) is 9.97 Å². The van der Waals surface area contributed by atoms with E-state index in [4.69, 9.17) is 9.97 Å². The zero-order chi connectivity index (χ0) is 36.9. The minimum absolute atomic E-state index is 0. The van der Waals surface area contributed by atoms with Crippen molar-refractivity contribution in [2.75, 3.05) is 0 Å². The molecule has 0 aliphatic rings. The van der Waals surface area contributed by atoms with E-state index in [1.165, 1.54) is 32.0 Å². The molecule has 1 N–H and O–H groups in total. The first-order chi connectivity index (χ1) is 23.6. The standard InChI is InChI=1S/C30H29N2S.C15H28O2.Ir/c1-19(2)14-24-16-22-11-13-32-28(29(22)33-24)21-10-12-31-27(18-21)23-15-20-8-6-7-9-25(20)26(17-23)30(3,4)5;1-7-14(5,8-2)12(16)11-13(17)15(6,9-3)10-4;/h6-13,16-19H,14H2,1-5H3;11,16H,7-10H2,1-6H3;/q-1;;/b;12-11-;. The van der Waals surface area contributed by atoms with Gasteiger partial charge in [-0.1, -0.05) is 111 Å². The molecular weight excluding hydrogens is 825 g/mol. The summed E-state index contributed by atoms with van der Waals surface area (Å²) < 4.78 is 1.25. The molecule has 0 aliphatic heterocycles. The number of benzene rings is 2. The van der Waals surface area contributed by atoms with Gasteiger partial charge in [-0.2, -0.15) is 0 Å². The molecule has 0 bridgehead atoms. The Hall–Kier alpha value is -3.18. The second-order valence-corrected chi connectivity index (χ2v) is 16.8. The topological polar surface area (TPSA) is 63.1 Å². The summed E-state index contributed by atoms with van der Waals surface area (Å²) in [6.45, 7) is 23.4. The molecular formula is C45H57IrN2O2S-. The summed E-state index contributed by atoms with van der Waals surface area (Å²) in [6, 6.07) is 23.1. The van der Waals surface area contributed by atoms with Gasteiger partial charge in [0.2, 0.25) is 0 Å². The number of hydrogen-bond acceptors (Lipinski definition) is 5. The number of ketones is 1. The van der Waals surface area contributed by atoms with Crippen LogP contribution in [0.15, 0.2) is 78.8 Å². The van der Waals surface area contributed by atoms with Crippen molar-refractivity contribution in [3.8, 4) is 22.5 Å². The molecule has 0 aliphatic carbocycles. The van der Waals surface area contributed by atoms with E-state index < -0.39 is 0 Å². The third kappa shape index (κ3) is 9.83. The molecule has 2 aromatic carbocycles. The zero-order valence-corrected chi connectivity index (χ0v) is 35.7. The average molecular weight is 882 g/mol. The Labute approximate surface area is 324 Å². The van der Waals surface area contributed by atoms with Gasteiger partial charge in [-0.15, -0.1) is 40.5 Å². The summed E-state index contributed by atoms with van der Waals surface area (Å²) >= 11 is 1.87. The number of aromatic nitrogens is 2. The van der Waals surface area contributed by atoms with Gasteiger partial charge in [-0.25, -0.2) is 0 Å². The Morgan fingerprint density at radius 2 is 1.49 bits per heavy atom. The second-order valence-electron chi connectivity index (χ2n) is 15.6.